The Morgan fingerprint density at radius 3 is 2.85 bits per heavy atom. The van der Waals surface area contributed by atoms with E-state index in [9.17, 15) is 4.79 Å². The molecule has 1 heterocycles. The highest BCUT2D eigenvalue weighted by Gasteiger charge is 2.15. The molecule has 0 saturated heterocycles. The molecule has 13 heavy (non-hydrogen) atoms. The predicted octanol–water partition coefficient (Wildman–Crippen LogP) is 2.52. The first-order chi connectivity index (χ1) is 6.19. The Labute approximate surface area is 85.2 Å². The molecule has 1 aromatic heterocycles. The number of aryl methyl sites for hydroxylation is 1. The minimum atomic E-state index is -0.917. The zero-order chi connectivity index (χ0) is 9.84. The van der Waals surface area contributed by atoms with Gasteiger partial charge in [0.25, 0.3) is 0 Å². The molecular weight excluding hydrogens is 206 g/mol. The van der Waals surface area contributed by atoms with Crippen LogP contribution in [0.3, 0.4) is 0 Å². The number of aromatic nitrogens is 1. The van der Waals surface area contributed by atoms with Gasteiger partial charge in [-0.3, -0.25) is 0 Å². The van der Waals surface area contributed by atoms with Crippen LogP contribution < -0.4 is 0 Å². The van der Waals surface area contributed by atoms with E-state index in [-0.39, 0.29) is 5.69 Å². The average Bonchev–Trinajstić information content (AvgIpc) is 2.48. The van der Waals surface area contributed by atoms with Gasteiger partial charge >= 0.3 is 5.97 Å². The third-order valence-corrected chi connectivity index (χ3v) is 3.63. The fourth-order valence-corrected chi connectivity index (χ4v) is 2.68. The summed E-state index contributed by atoms with van der Waals surface area (Å²) in [5, 5.41) is 8.84. The van der Waals surface area contributed by atoms with Crippen molar-refractivity contribution in [1.82, 2.24) is 4.98 Å². The van der Waals surface area contributed by atoms with E-state index < -0.39 is 5.97 Å². The lowest BCUT2D eigenvalue weighted by molar-refractivity contribution is 0.0689. The molecule has 0 spiro atoms. The third kappa shape index (κ3) is 2.45. The van der Waals surface area contributed by atoms with Gasteiger partial charge in [-0.25, -0.2) is 9.78 Å². The predicted molar refractivity (Wildman–Crippen MR) is 54.8 cm³/mol. The van der Waals surface area contributed by atoms with Gasteiger partial charge in [0.05, 0.1) is 0 Å². The lowest BCUT2D eigenvalue weighted by Crippen LogP contribution is -2.00. The van der Waals surface area contributed by atoms with Gasteiger partial charge in [0.15, 0.2) is 10.0 Å². The molecule has 0 aliphatic carbocycles. The van der Waals surface area contributed by atoms with Gasteiger partial charge < -0.3 is 5.11 Å². The summed E-state index contributed by atoms with van der Waals surface area (Å²) in [5.41, 5.74) is 0.233. The van der Waals surface area contributed by atoms with Gasteiger partial charge in [-0.15, -0.1) is 11.3 Å². The second-order valence-electron chi connectivity index (χ2n) is 2.51. The summed E-state index contributed by atoms with van der Waals surface area (Å²) < 4.78 is 0.834. The fraction of sp³-hybridized carbons (Fsp3) is 0.500. The smallest absolute Gasteiger partial charge is 0.355 e. The molecule has 0 fully saturated rings. The zero-order valence-electron chi connectivity index (χ0n) is 7.53. The molecule has 0 atom stereocenters. The van der Waals surface area contributed by atoms with Crippen LogP contribution >= 0.6 is 23.1 Å². The van der Waals surface area contributed by atoms with E-state index >= 15 is 0 Å². The molecule has 0 unspecified atom stereocenters. The summed E-state index contributed by atoms with van der Waals surface area (Å²) in [7, 11) is 0. The molecule has 72 valence electrons. The highest BCUT2D eigenvalue weighted by atomic mass is 32.2. The van der Waals surface area contributed by atoms with Crippen LogP contribution in [0.5, 0.6) is 0 Å². The fourth-order valence-electron chi connectivity index (χ4n) is 0.981. The number of rotatable bonds is 4. The van der Waals surface area contributed by atoms with Gasteiger partial charge in [-0.05, 0) is 12.7 Å². The molecule has 0 aliphatic rings. The average molecular weight is 217 g/mol. The van der Waals surface area contributed by atoms with E-state index in [2.05, 4.69) is 4.98 Å². The van der Waals surface area contributed by atoms with Crippen molar-refractivity contribution in [1.29, 1.82) is 0 Å². The van der Waals surface area contributed by atoms with Crippen LogP contribution in [0.4, 0.5) is 0 Å². The van der Waals surface area contributed by atoms with Gasteiger partial charge in [0, 0.05) is 4.88 Å². The van der Waals surface area contributed by atoms with Crippen molar-refractivity contribution in [3.8, 4) is 0 Å². The number of thiazole rings is 1. The minimum Gasteiger partial charge on any atom is -0.476 e. The first-order valence-corrected chi connectivity index (χ1v) is 6.00. The number of hydrogen-bond acceptors (Lipinski definition) is 4. The summed E-state index contributed by atoms with van der Waals surface area (Å²) in [4.78, 5) is 15.7. The van der Waals surface area contributed by atoms with Gasteiger partial charge in [0.1, 0.15) is 0 Å². The highest BCUT2D eigenvalue weighted by molar-refractivity contribution is 8.00. The summed E-state index contributed by atoms with van der Waals surface area (Å²) in [6.07, 6.45) is 3.66. The molecule has 0 saturated carbocycles. The molecule has 1 N–H and O–H groups in total. The normalized spacial score (nSPS) is 10.3. The number of thioether (sulfide) groups is 1. The Balaban J connectivity index is 3.00. The molecule has 0 aromatic carbocycles. The Morgan fingerprint density at radius 1 is 1.69 bits per heavy atom. The molecule has 3 nitrogen and oxygen atoms in total. The Bertz CT molecular complexity index is 309. The molecule has 1 aromatic rings. The third-order valence-electron chi connectivity index (χ3n) is 1.53. The van der Waals surface area contributed by atoms with Crippen molar-refractivity contribution in [2.24, 2.45) is 0 Å². The van der Waals surface area contributed by atoms with E-state index in [1.807, 2.05) is 13.2 Å². The van der Waals surface area contributed by atoms with Crippen LogP contribution in [0.2, 0.25) is 0 Å². The first-order valence-electron chi connectivity index (χ1n) is 3.96. The number of carboxylic acid groups (broad SMARTS) is 1. The Morgan fingerprint density at radius 2 is 2.38 bits per heavy atom. The maximum Gasteiger partial charge on any atom is 0.355 e. The lowest BCUT2D eigenvalue weighted by Gasteiger charge is -1.92. The van der Waals surface area contributed by atoms with Crippen LogP contribution in [0.25, 0.3) is 0 Å². The monoisotopic (exact) mass is 217 g/mol. The zero-order valence-corrected chi connectivity index (χ0v) is 9.17. The standard InChI is InChI=1S/C8H11NO2S2/c1-3-4-5-6(7(10)11)9-8(12-2)13-5/h3-4H2,1-2H3,(H,10,11). The topological polar surface area (TPSA) is 50.2 Å². The Hall–Kier alpha value is -0.550. The second kappa shape index (κ2) is 4.62. The number of nitrogens with zero attached hydrogens (tertiary/aromatic N) is 1. The van der Waals surface area contributed by atoms with E-state index in [4.69, 9.17) is 5.11 Å². The van der Waals surface area contributed by atoms with Gasteiger partial charge in [0.2, 0.25) is 0 Å². The molecule has 0 amide bonds. The van der Waals surface area contributed by atoms with Crippen molar-refractivity contribution in [2.45, 2.75) is 24.1 Å². The van der Waals surface area contributed by atoms with Gasteiger partial charge in [-0.1, -0.05) is 25.1 Å². The van der Waals surface area contributed by atoms with E-state index in [1.54, 1.807) is 0 Å². The number of carboxylic acids is 1. The second-order valence-corrected chi connectivity index (χ2v) is 4.65. The number of aromatic carboxylic acids is 1. The maximum absolute atomic E-state index is 10.8. The molecule has 0 radical (unpaired) electrons. The lowest BCUT2D eigenvalue weighted by atomic mass is 10.2. The van der Waals surface area contributed by atoms with E-state index in [0.717, 1.165) is 22.1 Å². The minimum absolute atomic E-state index is 0.233. The van der Waals surface area contributed by atoms with Crippen molar-refractivity contribution < 1.29 is 9.90 Å². The van der Waals surface area contributed by atoms with Crippen molar-refractivity contribution >= 4 is 29.1 Å². The van der Waals surface area contributed by atoms with Crippen LogP contribution in [0, 0.1) is 0 Å². The van der Waals surface area contributed by atoms with Crippen molar-refractivity contribution in [2.75, 3.05) is 6.26 Å². The van der Waals surface area contributed by atoms with Crippen LogP contribution in [0.1, 0.15) is 28.7 Å². The number of carbonyl (C=O) groups is 1. The molecular formula is C8H11NO2S2. The first kappa shape index (κ1) is 10.5. The summed E-state index contributed by atoms with van der Waals surface area (Å²) >= 11 is 2.97. The summed E-state index contributed by atoms with van der Waals surface area (Å²) in [6.45, 7) is 2.03. The molecule has 0 aliphatic heterocycles. The molecule has 1 rings (SSSR count). The van der Waals surface area contributed by atoms with Crippen molar-refractivity contribution in [3.63, 3.8) is 0 Å². The molecule has 5 heteroatoms. The molecule has 0 bridgehead atoms. The quantitative estimate of drug-likeness (QED) is 0.787. The van der Waals surface area contributed by atoms with Gasteiger partial charge in [-0.2, -0.15) is 0 Å². The van der Waals surface area contributed by atoms with E-state index in [1.165, 1.54) is 23.1 Å². The van der Waals surface area contributed by atoms with Crippen molar-refractivity contribution in [3.05, 3.63) is 10.6 Å². The van der Waals surface area contributed by atoms with Crippen LogP contribution in [0.15, 0.2) is 4.34 Å². The highest BCUT2D eigenvalue weighted by Crippen LogP contribution is 2.26. The Kier molecular flexibility index (Phi) is 3.74. The maximum atomic E-state index is 10.8. The summed E-state index contributed by atoms with van der Waals surface area (Å²) in [6, 6.07) is 0. The van der Waals surface area contributed by atoms with Crippen LogP contribution in [-0.4, -0.2) is 22.3 Å². The number of hydrogen-bond donors (Lipinski definition) is 1. The van der Waals surface area contributed by atoms with E-state index in [0.29, 0.717) is 0 Å². The van der Waals surface area contributed by atoms with Crippen LogP contribution in [-0.2, 0) is 6.42 Å². The SMILES string of the molecule is CCCc1sc(SC)nc1C(=O)O. The largest absolute Gasteiger partial charge is 0.476 e. The summed E-state index contributed by atoms with van der Waals surface area (Å²) in [5.74, 6) is -0.917.